The van der Waals surface area contributed by atoms with Crippen molar-refractivity contribution in [1.29, 1.82) is 5.26 Å². The van der Waals surface area contributed by atoms with Gasteiger partial charge >= 0.3 is 0 Å². The number of nitrogens with zero attached hydrogens (tertiary/aromatic N) is 2. The van der Waals surface area contributed by atoms with E-state index in [4.69, 9.17) is 5.26 Å². The summed E-state index contributed by atoms with van der Waals surface area (Å²) >= 11 is 0. The van der Waals surface area contributed by atoms with Crippen molar-refractivity contribution in [3.8, 4) is 6.07 Å². The predicted molar refractivity (Wildman–Crippen MR) is 65.2 cm³/mol. The van der Waals surface area contributed by atoms with Crippen LogP contribution in [-0.2, 0) is 4.79 Å². The Balaban J connectivity index is 2.12. The Bertz CT molecular complexity index is 317. The second-order valence-corrected chi connectivity index (χ2v) is 5.21. The van der Waals surface area contributed by atoms with Crippen molar-refractivity contribution >= 4 is 5.91 Å². The second-order valence-electron chi connectivity index (χ2n) is 5.21. The summed E-state index contributed by atoms with van der Waals surface area (Å²) in [6.07, 6.45) is 6.50. The molecule has 0 radical (unpaired) electrons. The average molecular weight is 235 g/mol. The molecule has 2 rings (SSSR count). The number of rotatable bonds is 2. The van der Waals surface area contributed by atoms with Gasteiger partial charge in [-0.1, -0.05) is 19.3 Å². The quantitative estimate of drug-likeness (QED) is 0.787. The maximum atomic E-state index is 11.9. The van der Waals surface area contributed by atoms with Crippen molar-refractivity contribution in [2.45, 2.75) is 63.6 Å². The standard InChI is InChI=1S/C13H21N3O/c1-10-9-15-13(17)12(7-8-14)16(10)11-5-3-2-4-6-11/h10-12H,2-7,9H2,1H3,(H,15,17). The van der Waals surface area contributed by atoms with Crippen LogP contribution in [0.1, 0.15) is 45.4 Å². The zero-order valence-corrected chi connectivity index (χ0v) is 10.5. The molecule has 2 fully saturated rings. The van der Waals surface area contributed by atoms with E-state index in [1.165, 1.54) is 32.1 Å². The van der Waals surface area contributed by atoms with Crippen LogP contribution in [0.5, 0.6) is 0 Å². The molecule has 0 aromatic rings. The van der Waals surface area contributed by atoms with E-state index in [1.54, 1.807) is 0 Å². The smallest absolute Gasteiger partial charge is 0.238 e. The van der Waals surface area contributed by atoms with Crippen LogP contribution in [0.2, 0.25) is 0 Å². The van der Waals surface area contributed by atoms with E-state index >= 15 is 0 Å². The first-order valence-corrected chi connectivity index (χ1v) is 6.66. The summed E-state index contributed by atoms with van der Waals surface area (Å²) in [5.41, 5.74) is 0. The molecule has 1 aliphatic carbocycles. The molecule has 0 bridgehead atoms. The van der Waals surface area contributed by atoms with Gasteiger partial charge < -0.3 is 5.32 Å². The van der Waals surface area contributed by atoms with E-state index < -0.39 is 0 Å². The fourth-order valence-electron chi connectivity index (χ4n) is 3.19. The Morgan fingerprint density at radius 2 is 2.12 bits per heavy atom. The van der Waals surface area contributed by atoms with Crippen LogP contribution < -0.4 is 5.32 Å². The van der Waals surface area contributed by atoms with Gasteiger partial charge in [-0.25, -0.2) is 0 Å². The van der Waals surface area contributed by atoms with Gasteiger partial charge in [0.1, 0.15) is 6.04 Å². The molecule has 1 saturated carbocycles. The lowest BCUT2D eigenvalue weighted by Crippen LogP contribution is -2.62. The number of hydrogen-bond donors (Lipinski definition) is 1. The van der Waals surface area contributed by atoms with Crippen molar-refractivity contribution in [3.05, 3.63) is 0 Å². The van der Waals surface area contributed by atoms with Gasteiger partial charge in [-0.05, 0) is 19.8 Å². The molecule has 2 atom stereocenters. The molecule has 1 N–H and O–H groups in total. The molecule has 1 amide bonds. The van der Waals surface area contributed by atoms with Crippen molar-refractivity contribution in [3.63, 3.8) is 0 Å². The number of piperazine rings is 1. The van der Waals surface area contributed by atoms with Gasteiger partial charge in [-0.2, -0.15) is 5.26 Å². The molecule has 0 aromatic carbocycles. The predicted octanol–water partition coefficient (Wildman–Crippen LogP) is 1.42. The number of nitriles is 1. The minimum Gasteiger partial charge on any atom is -0.353 e. The zero-order valence-electron chi connectivity index (χ0n) is 10.5. The van der Waals surface area contributed by atoms with Crippen LogP contribution in [0.25, 0.3) is 0 Å². The normalized spacial score (nSPS) is 31.9. The first-order valence-electron chi connectivity index (χ1n) is 6.66. The third-order valence-corrected chi connectivity index (χ3v) is 4.02. The van der Waals surface area contributed by atoms with Gasteiger partial charge in [0, 0.05) is 18.6 Å². The lowest BCUT2D eigenvalue weighted by atomic mass is 9.90. The molecule has 94 valence electrons. The number of hydrogen-bond acceptors (Lipinski definition) is 3. The Morgan fingerprint density at radius 1 is 1.41 bits per heavy atom. The van der Waals surface area contributed by atoms with Crippen molar-refractivity contribution in [1.82, 2.24) is 10.2 Å². The maximum Gasteiger partial charge on any atom is 0.238 e. The highest BCUT2D eigenvalue weighted by Crippen LogP contribution is 2.28. The molecule has 4 nitrogen and oxygen atoms in total. The number of amides is 1. The van der Waals surface area contributed by atoms with E-state index in [-0.39, 0.29) is 11.9 Å². The molecule has 4 heteroatoms. The Hall–Kier alpha value is -1.08. The molecule has 0 aromatic heterocycles. The largest absolute Gasteiger partial charge is 0.353 e. The van der Waals surface area contributed by atoms with Crippen molar-refractivity contribution < 1.29 is 4.79 Å². The highest BCUT2D eigenvalue weighted by atomic mass is 16.2. The monoisotopic (exact) mass is 235 g/mol. The first kappa shape index (κ1) is 12.4. The highest BCUT2D eigenvalue weighted by Gasteiger charge is 2.38. The van der Waals surface area contributed by atoms with Gasteiger partial charge in [0.15, 0.2) is 0 Å². The summed E-state index contributed by atoms with van der Waals surface area (Å²) in [5, 5.41) is 11.8. The topological polar surface area (TPSA) is 56.1 Å². The second kappa shape index (κ2) is 5.50. The number of carbonyl (C=O) groups is 1. The Labute approximate surface area is 103 Å². The first-order chi connectivity index (χ1) is 8.24. The summed E-state index contributed by atoms with van der Waals surface area (Å²) < 4.78 is 0. The lowest BCUT2D eigenvalue weighted by molar-refractivity contribution is -0.132. The van der Waals surface area contributed by atoms with Gasteiger partial charge in [0.2, 0.25) is 5.91 Å². The van der Waals surface area contributed by atoms with Gasteiger partial charge in [-0.15, -0.1) is 0 Å². The molecular weight excluding hydrogens is 214 g/mol. The van der Waals surface area contributed by atoms with Crippen LogP contribution in [0, 0.1) is 11.3 Å². The third-order valence-electron chi connectivity index (χ3n) is 4.02. The number of nitrogens with one attached hydrogen (secondary N) is 1. The summed E-state index contributed by atoms with van der Waals surface area (Å²) in [4.78, 5) is 14.2. The summed E-state index contributed by atoms with van der Waals surface area (Å²) in [7, 11) is 0. The van der Waals surface area contributed by atoms with E-state index in [0.29, 0.717) is 18.5 Å². The minimum atomic E-state index is -0.230. The molecule has 1 heterocycles. The summed E-state index contributed by atoms with van der Waals surface area (Å²) in [6, 6.07) is 2.78. The molecule has 1 aliphatic heterocycles. The Morgan fingerprint density at radius 3 is 2.76 bits per heavy atom. The third kappa shape index (κ3) is 2.61. The zero-order chi connectivity index (χ0) is 12.3. The SMILES string of the molecule is CC1CNC(=O)C(CC#N)N1C1CCCCC1. The molecule has 17 heavy (non-hydrogen) atoms. The van der Waals surface area contributed by atoms with E-state index in [0.717, 1.165) is 6.54 Å². The van der Waals surface area contributed by atoms with Crippen LogP contribution in [-0.4, -0.2) is 35.5 Å². The maximum absolute atomic E-state index is 11.9. The highest BCUT2D eigenvalue weighted by molar-refractivity contribution is 5.83. The van der Waals surface area contributed by atoms with E-state index in [1.807, 2.05) is 0 Å². The van der Waals surface area contributed by atoms with Crippen LogP contribution in [0.4, 0.5) is 0 Å². The summed E-state index contributed by atoms with van der Waals surface area (Å²) in [5.74, 6) is 0.0372. The molecular formula is C13H21N3O. The van der Waals surface area contributed by atoms with Crippen LogP contribution >= 0.6 is 0 Å². The molecule has 2 unspecified atom stereocenters. The summed E-state index contributed by atoms with van der Waals surface area (Å²) in [6.45, 7) is 2.87. The van der Waals surface area contributed by atoms with Gasteiger partial charge in [-0.3, -0.25) is 9.69 Å². The van der Waals surface area contributed by atoms with E-state index in [2.05, 4.69) is 23.2 Å². The molecule has 1 saturated heterocycles. The fraction of sp³-hybridized carbons (Fsp3) is 0.846. The average Bonchev–Trinajstić information content (AvgIpc) is 2.35. The molecule has 0 spiro atoms. The van der Waals surface area contributed by atoms with Crippen LogP contribution in [0.3, 0.4) is 0 Å². The fourth-order valence-corrected chi connectivity index (χ4v) is 3.19. The van der Waals surface area contributed by atoms with Gasteiger partial charge in [0.05, 0.1) is 12.5 Å². The van der Waals surface area contributed by atoms with Crippen LogP contribution in [0.15, 0.2) is 0 Å². The van der Waals surface area contributed by atoms with Gasteiger partial charge in [0.25, 0.3) is 0 Å². The lowest BCUT2D eigenvalue weighted by Gasteiger charge is -2.45. The molecule has 2 aliphatic rings. The number of carbonyl (C=O) groups excluding carboxylic acids is 1. The van der Waals surface area contributed by atoms with Crippen molar-refractivity contribution in [2.75, 3.05) is 6.54 Å². The Kier molecular flexibility index (Phi) is 4.01. The van der Waals surface area contributed by atoms with E-state index in [9.17, 15) is 4.79 Å². The minimum absolute atomic E-state index is 0.0372. The van der Waals surface area contributed by atoms with Crippen molar-refractivity contribution in [2.24, 2.45) is 0 Å².